The Balaban J connectivity index is 2.58. The Hall–Kier alpha value is -2.22. The lowest BCUT2D eigenvalue weighted by molar-refractivity contribution is -0.137. The summed E-state index contributed by atoms with van der Waals surface area (Å²) in [6.07, 6.45) is 0.117. The maximum Gasteiger partial charge on any atom is 0.315 e. The third kappa shape index (κ3) is 5.35. The summed E-state index contributed by atoms with van der Waals surface area (Å²) >= 11 is 0. The predicted molar refractivity (Wildman–Crippen MR) is 69.6 cm³/mol. The summed E-state index contributed by atoms with van der Waals surface area (Å²) in [6.45, 7) is -0.587. The van der Waals surface area contributed by atoms with Gasteiger partial charge in [-0.1, -0.05) is 6.07 Å². The number of carboxylic acids is 1. The smallest absolute Gasteiger partial charge is 0.315 e. The third-order valence-electron chi connectivity index (χ3n) is 2.69. The summed E-state index contributed by atoms with van der Waals surface area (Å²) in [7, 11) is 0. The molecule has 0 saturated carbocycles. The largest absolute Gasteiger partial charge is 0.481 e. The summed E-state index contributed by atoms with van der Waals surface area (Å²) in [6, 6.07) is 1.24. The first-order valence-corrected chi connectivity index (χ1v) is 6.26. The van der Waals surface area contributed by atoms with Gasteiger partial charge in [0.1, 0.15) is 11.6 Å². The molecule has 0 heterocycles. The van der Waals surface area contributed by atoms with Crippen molar-refractivity contribution in [1.82, 2.24) is 10.6 Å². The van der Waals surface area contributed by atoms with Crippen LogP contribution in [0.4, 0.5) is 13.6 Å². The molecule has 0 spiro atoms. The molecule has 0 aromatic heterocycles. The fraction of sp³-hybridized carbons (Fsp3) is 0.385. The molecule has 2 amide bonds. The second kappa shape index (κ2) is 8.15. The number of carbonyl (C=O) groups excluding carboxylic acids is 1. The first-order valence-electron chi connectivity index (χ1n) is 6.26. The van der Waals surface area contributed by atoms with Gasteiger partial charge < -0.3 is 20.8 Å². The zero-order valence-corrected chi connectivity index (χ0v) is 11.1. The summed E-state index contributed by atoms with van der Waals surface area (Å²) in [4.78, 5) is 21.8. The van der Waals surface area contributed by atoms with Crippen LogP contribution in [-0.2, 0) is 4.79 Å². The average molecular weight is 302 g/mol. The van der Waals surface area contributed by atoms with E-state index in [1.165, 1.54) is 6.07 Å². The third-order valence-corrected chi connectivity index (χ3v) is 2.69. The van der Waals surface area contributed by atoms with Crippen molar-refractivity contribution in [2.75, 3.05) is 13.2 Å². The van der Waals surface area contributed by atoms with Gasteiger partial charge in [-0.05, 0) is 18.6 Å². The summed E-state index contributed by atoms with van der Waals surface area (Å²) in [5, 5.41) is 22.2. The maximum absolute atomic E-state index is 13.5. The average Bonchev–Trinajstić information content (AvgIpc) is 2.42. The van der Waals surface area contributed by atoms with Crippen molar-refractivity contribution in [2.45, 2.75) is 18.9 Å². The number of urea groups is 1. The number of carboxylic acid groups (broad SMARTS) is 1. The Labute approximate surface area is 119 Å². The molecule has 0 aliphatic carbocycles. The Morgan fingerprint density at radius 3 is 2.38 bits per heavy atom. The van der Waals surface area contributed by atoms with Crippen LogP contribution >= 0.6 is 0 Å². The molecule has 116 valence electrons. The van der Waals surface area contributed by atoms with Crippen LogP contribution in [0.3, 0.4) is 0 Å². The van der Waals surface area contributed by atoms with E-state index in [9.17, 15) is 18.4 Å². The van der Waals surface area contributed by atoms with Gasteiger partial charge in [-0.3, -0.25) is 4.79 Å². The Morgan fingerprint density at radius 1 is 1.24 bits per heavy atom. The van der Waals surface area contributed by atoms with Crippen molar-refractivity contribution in [3.8, 4) is 0 Å². The summed E-state index contributed by atoms with van der Waals surface area (Å²) in [5.41, 5.74) is -0.430. The second-order valence-corrected chi connectivity index (χ2v) is 4.27. The van der Waals surface area contributed by atoms with E-state index in [1.54, 1.807) is 0 Å². The zero-order chi connectivity index (χ0) is 15.8. The van der Waals surface area contributed by atoms with Crippen LogP contribution in [0.5, 0.6) is 0 Å². The fourth-order valence-electron chi connectivity index (χ4n) is 1.70. The minimum Gasteiger partial charge on any atom is -0.481 e. The quantitative estimate of drug-likeness (QED) is 0.568. The lowest BCUT2D eigenvalue weighted by Gasteiger charge is -2.18. The molecular weight excluding hydrogens is 286 g/mol. The number of carbonyl (C=O) groups is 2. The molecule has 0 radical (unpaired) electrons. The van der Waals surface area contributed by atoms with Crippen LogP contribution in [0.1, 0.15) is 24.4 Å². The molecule has 21 heavy (non-hydrogen) atoms. The van der Waals surface area contributed by atoms with E-state index in [0.717, 1.165) is 12.1 Å². The first kappa shape index (κ1) is 16.8. The fourth-order valence-corrected chi connectivity index (χ4v) is 1.70. The van der Waals surface area contributed by atoms with Gasteiger partial charge in [0.25, 0.3) is 0 Å². The minimum atomic E-state index is -1.23. The van der Waals surface area contributed by atoms with Crippen molar-refractivity contribution in [2.24, 2.45) is 0 Å². The van der Waals surface area contributed by atoms with Crippen LogP contribution in [0.2, 0.25) is 0 Å². The predicted octanol–water partition coefficient (Wildman–Crippen LogP) is 1.16. The number of nitrogens with one attached hydrogen (secondary N) is 2. The van der Waals surface area contributed by atoms with Gasteiger partial charge in [0.05, 0.1) is 12.6 Å². The van der Waals surface area contributed by atoms with Crippen LogP contribution in [-0.4, -0.2) is 35.4 Å². The Morgan fingerprint density at radius 2 is 1.86 bits per heavy atom. The number of amides is 2. The van der Waals surface area contributed by atoms with E-state index in [0.29, 0.717) is 0 Å². The number of rotatable bonds is 7. The van der Waals surface area contributed by atoms with E-state index < -0.39 is 41.8 Å². The monoisotopic (exact) mass is 302 g/mol. The molecule has 1 aromatic carbocycles. The molecule has 1 rings (SSSR count). The van der Waals surface area contributed by atoms with Gasteiger partial charge in [0.15, 0.2) is 0 Å². The summed E-state index contributed by atoms with van der Waals surface area (Å²) < 4.78 is 27.1. The number of hydrogen-bond acceptors (Lipinski definition) is 3. The van der Waals surface area contributed by atoms with E-state index >= 15 is 0 Å². The first-order chi connectivity index (χ1) is 9.95. The molecule has 0 aliphatic rings. The van der Waals surface area contributed by atoms with Crippen molar-refractivity contribution in [3.05, 3.63) is 35.4 Å². The molecule has 0 bridgehead atoms. The number of aliphatic hydroxyl groups is 1. The van der Waals surface area contributed by atoms with E-state index in [4.69, 9.17) is 10.2 Å². The maximum atomic E-state index is 13.5. The number of benzene rings is 1. The van der Waals surface area contributed by atoms with Crippen molar-refractivity contribution in [1.29, 1.82) is 0 Å². The topological polar surface area (TPSA) is 98.7 Å². The lowest BCUT2D eigenvalue weighted by Crippen LogP contribution is -2.40. The van der Waals surface area contributed by atoms with Gasteiger partial charge in [-0.2, -0.15) is 0 Å². The van der Waals surface area contributed by atoms with Gasteiger partial charge >= 0.3 is 12.0 Å². The van der Waals surface area contributed by atoms with Gasteiger partial charge in [-0.25, -0.2) is 13.6 Å². The van der Waals surface area contributed by atoms with Crippen molar-refractivity contribution < 1.29 is 28.6 Å². The SMILES string of the molecule is O=C(O)CCCNC(=O)NC(CO)c1c(F)cccc1F. The normalized spacial score (nSPS) is 11.8. The molecule has 1 unspecified atom stereocenters. The van der Waals surface area contributed by atoms with E-state index in [2.05, 4.69) is 10.6 Å². The number of halogens is 2. The molecule has 1 aromatic rings. The number of aliphatic carboxylic acids is 1. The zero-order valence-electron chi connectivity index (χ0n) is 11.1. The van der Waals surface area contributed by atoms with E-state index in [1.807, 2.05) is 0 Å². The molecule has 8 heteroatoms. The molecule has 0 aliphatic heterocycles. The van der Waals surface area contributed by atoms with E-state index in [-0.39, 0.29) is 19.4 Å². The molecule has 1 atom stereocenters. The van der Waals surface area contributed by atoms with Gasteiger partial charge in [-0.15, -0.1) is 0 Å². The molecule has 4 N–H and O–H groups in total. The van der Waals surface area contributed by atoms with Crippen LogP contribution < -0.4 is 10.6 Å². The second-order valence-electron chi connectivity index (χ2n) is 4.27. The minimum absolute atomic E-state index is 0.0933. The van der Waals surface area contributed by atoms with Gasteiger partial charge in [0, 0.05) is 18.5 Å². The highest BCUT2D eigenvalue weighted by Crippen LogP contribution is 2.20. The van der Waals surface area contributed by atoms with Gasteiger partial charge in [0.2, 0.25) is 0 Å². The number of aliphatic hydroxyl groups excluding tert-OH is 1. The molecule has 0 saturated heterocycles. The molecular formula is C13H16F2N2O4. The highest BCUT2D eigenvalue weighted by molar-refractivity contribution is 5.74. The molecule has 0 fully saturated rings. The Bertz CT molecular complexity index is 491. The van der Waals surface area contributed by atoms with Crippen LogP contribution in [0.25, 0.3) is 0 Å². The van der Waals surface area contributed by atoms with Crippen LogP contribution in [0.15, 0.2) is 18.2 Å². The number of hydrogen-bond donors (Lipinski definition) is 4. The molecule has 6 nitrogen and oxygen atoms in total. The Kier molecular flexibility index (Phi) is 6.54. The highest BCUT2D eigenvalue weighted by atomic mass is 19.1. The van der Waals surface area contributed by atoms with Crippen LogP contribution in [0, 0.1) is 11.6 Å². The summed E-state index contributed by atoms with van der Waals surface area (Å²) in [5.74, 6) is -2.74. The van der Waals surface area contributed by atoms with Crippen molar-refractivity contribution in [3.63, 3.8) is 0 Å². The van der Waals surface area contributed by atoms with Crippen molar-refractivity contribution >= 4 is 12.0 Å². The highest BCUT2D eigenvalue weighted by Gasteiger charge is 2.21. The lowest BCUT2D eigenvalue weighted by atomic mass is 10.1. The standard InChI is InChI=1S/C13H16F2N2O4/c14-8-3-1-4-9(15)12(8)10(7-18)17-13(21)16-6-2-5-11(19)20/h1,3-4,10,18H,2,5-7H2,(H,19,20)(H2,16,17,21).